The Hall–Kier alpha value is -12.2. The Morgan fingerprint density at radius 3 is 1.29 bits per heavy atom. The van der Waals surface area contributed by atoms with Crippen LogP contribution in [0, 0.1) is 13.8 Å². The smallest absolute Gasteiger partial charge is 0.335 e. The van der Waals surface area contributed by atoms with E-state index in [1.807, 2.05) is 122 Å². The Balaban J connectivity index is 0.000000127. The molecular formula is C74H56N4O13. The van der Waals surface area contributed by atoms with E-state index in [9.17, 15) is 24.3 Å². The van der Waals surface area contributed by atoms with Gasteiger partial charge in [0.25, 0.3) is 0 Å². The lowest BCUT2D eigenvalue weighted by Gasteiger charge is -2.12. The molecule has 4 heterocycles. The number of carbonyl (C=O) groups is 4. The number of aromatic carboxylic acids is 4. The molecule has 10 aromatic carbocycles. The van der Waals surface area contributed by atoms with Gasteiger partial charge in [0, 0.05) is 22.3 Å². The number of rotatable bonds is 13. The van der Waals surface area contributed by atoms with Gasteiger partial charge in [-0.15, -0.1) is 0 Å². The van der Waals surface area contributed by atoms with Crippen LogP contribution >= 0.6 is 0 Å². The van der Waals surface area contributed by atoms with E-state index in [-0.39, 0.29) is 22.3 Å². The molecule has 0 unspecified atom stereocenters. The summed E-state index contributed by atoms with van der Waals surface area (Å²) >= 11 is 0. The van der Waals surface area contributed by atoms with Gasteiger partial charge < -0.3 is 42.8 Å². The van der Waals surface area contributed by atoms with Crippen LogP contribution in [0.15, 0.2) is 242 Å². The molecule has 0 bridgehead atoms. The highest BCUT2D eigenvalue weighted by atomic mass is 16.5. The summed E-state index contributed by atoms with van der Waals surface area (Å²) in [4.78, 5) is 61.9. The molecule has 4 aromatic heterocycles. The first-order chi connectivity index (χ1) is 44.0. The van der Waals surface area contributed by atoms with E-state index in [0.717, 1.165) is 44.6 Å². The number of carboxylic acid groups (broad SMARTS) is 4. The van der Waals surface area contributed by atoms with Crippen LogP contribution < -0.4 is 4.74 Å². The Bertz CT molecular complexity index is 4970. The molecule has 91 heavy (non-hydrogen) atoms. The second kappa shape index (κ2) is 26.8. The predicted molar refractivity (Wildman–Crippen MR) is 345 cm³/mol. The second-order valence-corrected chi connectivity index (χ2v) is 21.4. The molecule has 0 aliphatic rings. The minimum absolute atomic E-state index is 0.197. The average molecular weight is 1210 g/mol. The van der Waals surface area contributed by atoms with E-state index >= 15 is 0 Å². The average Bonchev–Trinajstić information content (AvgIpc) is 1.82. The van der Waals surface area contributed by atoms with Crippen molar-refractivity contribution in [3.05, 3.63) is 269 Å². The zero-order valence-electron chi connectivity index (χ0n) is 49.4. The highest BCUT2D eigenvalue weighted by molar-refractivity contribution is 5.92. The van der Waals surface area contributed by atoms with Crippen LogP contribution in [-0.2, 0) is 6.61 Å². The van der Waals surface area contributed by atoms with Crippen LogP contribution in [0.25, 0.3) is 101 Å². The van der Waals surface area contributed by atoms with Crippen molar-refractivity contribution in [3.63, 3.8) is 0 Å². The van der Waals surface area contributed by atoms with Gasteiger partial charge in [0.05, 0.1) is 22.3 Å². The number of aryl methyl sites for hydroxylation is 2. The first-order valence-electron chi connectivity index (χ1n) is 28.6. The molecule has 450 valence electrons. The molecule has 0 spiro atoms. The number of benzene rings is 10. The third kappa shape index (κ3) is 14.4. The normalized spacial score (nSPS) is 10.9. The summed E-state index contributed by atoms with van der Waals surface area (Å²) in [5.41, 5.74) is 15.9. The Kier molecular flexibility index (Phi) is 17.8. The molecule has 14 aromatic rings. The molecule has 0 aliphatic heterocycles. The van der Waals surface area contributed by atoms with Gasteiger partial charge in [-0.1, -0.05) is 105 Å². The van der Waals surface area contributed by atoms with E-state index in [1.165, 1.54) is 17.2 Å². The summed E-state index contributed by atoms with van der Waals surface area (Å²) in [6.45, 7) is 8.87. The molecule has 0 saturated heterocycles. The standard InChI is InChI=1S/C25H23NO4.C20H13NO3.C15H11NO3.C14H9NO3/c1-15(2)21-9-8-20(11-16(21)3)29-14-17-7-10-23-22(12-17)26-24(30-23)18-5-4-6-19(13-18)25(27)28;22-20(23)16-8-4-7-15(11-16)19-21-17-12-14(9-10-18(17)24-19)13-5-2-1-3-6-13;1-9-5-6-12-13(7-9)19-14(16-12)10-3-2-4-11(8-10)15(17)18;16-14(17)10-5-3-4-9(8-10)13-15-11-6-1-2-7-12(11)18-13/h4-13,15H,14H2,1-3H3,(H,27,28);1-12H,(H,22,23);2-8H,1H3,(H,17,18);1-8H,(H,16,17). The van der Waals surface area contributed by atoms with Crippen LogP contribution in [0.5, 0.6) is 5.75 Å². The van der Waals surface area contributed by atoms with E-state index in [1.54, 1.807) is 91.0 Å². The van der Waals surface area contributed by atoms with Crippen molar-refractivity contribution < 1.29 is 62.0 Å². The third-order valence-corrected chi connectivity index (χ3v) is 14.5. The summed E-state index contributed by atoms with van der Waals surface area (Å²) in [7, 11) is 0. The SMILES string of the molecule is Cc1cc(OCc2ccc3oc(-c4cccc(C(=O)O)c4)nc3c2)ccc1C(C)C.Cc1ccc2nc(-c3cccc(C(=O)O)c3)oc2c1.O=C(O)c1cccc(-c2nc3cc(-c4ccccc4)ccc3o2)c1.O=C(O)c1cccc(-c2nc3ccccc3o2)c1. The maximum absolute atomic E-state index is 11.2. The Morgan fingerprint density at radius 2 is 0.802 bits per heavy atom. The van der Waals surface area contributed by atoms with Crippen molar-refractivity contribution in [3.8, 4) is 62.7 Å². The van der Waals surface area contributed by atoms with Crippen LogP contribution in [0.1, 0.15) is 83.5 Å². The summed E-state index contributed by atoms with van der Waals surface area (Å²) in [6, 6.07) is 67.2. The first kappa shape index (κ1) is 60.4. The zero-order valence-corrected chi connectivity index (χ0v) is 49.4. The lowest BCUT2D eigenvalue weighted by Crippen LogP contribution is -1.97. The lowest BCUT2D eigenvalue weighted by atomic mass is 9.98. The number of ether oxygens (including phenoxy) is 1. The summed E-state index contributed by atoms with van der Waals surface area (Å²) in [5, 5.41) is 36.2. The van der Waals surface area contributed by atoms with Crippen molar-refractivity contribution in [2.45, 2.75) is 40.2 Å². The quantitative estimate of drug-likeness (QED) is 0.0836. The fraction of sp³-hybridized carbons (Fsp3) is 0.0811. The monoisotopic (exact) mass is 1210 g/mol. The first-order valence-corrected chi connectivity index (χ1v) is 28.6. The Labute approximate surface area is 519 Å². The fourth-order valence-electron chi connectivity index (χ4n) is 9.89. The van der Waals surface area contributed by atoms with Crippen LogP contribution in [0.3, 0.4) is 0 Å². The van der Waals surface area contributed by atoms with Crippen molar-refractivity contribution in [1.82, 2.24) is 19.9 Å². The van der Waals surface area contributed by atoms with Gasteiger partial charge in [-0.05, 0) is 187 Å². The summed E-state index contributed by atoms with van der Waals surface area (Å²) in [6.07, 6.45) is 0. The third-order valence-electron chi connectivity index (χ3n) is 14.5. The van der Waals surface area contributed by atoms with Crippen molar-refractivity contribution in [2.75, 3.05) is 0 Å². The number of hydrogen-bond acceptors (Lipinski definition) is 13. The van der Waals surface area contributed by atoms with Gasteiger partial charge in [0.1, 0.15) is 34.4 Å². The number of hydrogen-bond donors (Lipinski definition) is 4. The second-order valence-electron chi connectivity index (χ2n) is 21.4. The van der Waals surface area contributed by atoms with Gasteiger partial charge in [0.2, 0.25) is 23.6 Å². The number of para-hydroxylation sites is 2. The highest BCUT2D eigenvalue weighted by Gasteiger charge is 2.16. The van der Waals surface area contributed by atoms with Crippen molar-refractivity contribution in [1.29, 1.82) is 0 Å². The number of fused-ring (bicyclic) bond motifs is 4. The van der Waals surface area contributed by atoms with E-state index in [2.05, 4.69) is 52.8 Å². The highest BCUT2D eigenvalue weighted by Crippen LogP contribution is 2.32. The molecule has 0 atom stereocenters. The van der Waals surface area contributed by atoms with Gasteiger partial charge in [-0.2, -0.15) is 0 Å². The topological polar surface area (TPSA) is 263 Å². The molecule has 0 amide bonds. The molecule has 0 radical (unpaired) electrons. The zero-order chi connectivity index (χ0) is 63.7. The van der Waals surface area contributed by atoms with Crippen LogP contribution in [-0.4, -0.2) is 64.2 Å². The van der Waals surface area contributed by atoms with Gasteiger partial charge in [-0.25, -0.2) is 39.1 Å². The molecule has 14 rings (SSSR count). The van der Waals surface area contributed by atoms with Crippen molar-refractivity contribution in [2.24, 2.45) is 0 Å². The van der Waals surface area contributed by atoms with Crippen LogP contribution in [0.4, 0.5) is 0 Å². The lowest BCUT2D eigenvalue weighted by molar-refractivity contribution is 0.0686. The molecule has 17 nitrogen and oxygen atoms in total. The molecule has 4 N–H and O–H groups in total. The maximum Gasteiger partial charge on any atom is 0.335 e. The minimum Gasteiger partial charge on any atom is -0.489 e. The summed E-state index contributed by atoms with van der Waals surface area (Å²) < 4.78 is 28.8. The summed E-state index contributed by atoms with van der Waals surface area (Å²) in [5.74, 6) is -0.889. The van der Waals surface area contributed by atoms with E-state index in [4.69, 9.17) is 37.7 Å². The number of carboxylic acids is 4. The predicted octanol–water partition coefficient (Wildman–Crippen LogP) is 17.8. The number of oxazole rings is 4. The molecule has 0 saturated carbocycles. The van der Waals surface area contributed by atoms with Gasteiger partial charge >= 0.3 is 23.9 Å². The van der Waals surface area contributed by atoms with Crippen molar-refractivity contribution >= 4 is 68.3 Å². The van der Waals surface area contributed by atoms with Crippen LogP contribution in [0.2, 0.25) is 0 Å². The molecule has 17 heteroatoms. The maximum atomic E-state index is 11.2. The fourth-order valence-corrected chi connectivity index (χ4v) is 9.89. The Morgan fingerprint density at radius 1 is 0.374 bits per heavy atom. The van der Waals surface area contributed by atoms with E-state index in [0.29, 0.717) is 86.2 Å². The largest absolute Gasteiger partial charge is 0.489 e. The molecular weight excluding hydrogens is 1150 g/mol. The minimum atomic E-state index is -0.982. The number of aromatic nitrogens is 4. The van der Waals surface area contributed by atoms with E-state index < -0.39 is 23.9 Å². The van der Waals surface area contributed by atoms with Gasteiger partial charge in [0.15, 0.2) is 22.3 Å². The molecule has 0 fully saturated rings. The number of nitrogens with zero attached hydrogens (tertiary/aromatic N) is 4. The van der Waals surface area contributed by atoms with Gasteiger partial charge in [-0.3, -0.25) is 0 Å². The molecule has 0 aliphatic carbocycles.